The summed E-state index contributed by atoms with van der Waals surface area (Å²) in [5.74, 6) is -0.225. The zero-order valence-electron chi connectivity index (χ0n) is 11.7. The maximum absolute atomic E-state index is 13.0. The third kappa shape index (κ3) is 3.14. The summed E-state index contributed by atoms with van der Waals surface area (Å²) in [5, 5.41) is 12.1. The number of hydrogen-bond donors (Lipinski definition) is 2. The first-order chi connectivity index (χ1) is 10.1. The number of thiophene rings is 1. The van der Waals surface area contributed by atoms with Crippen LogP contribution in [0.4, 0.5) is 4.39 Å². The van der Waals surface area contributed by atoms with Crippen LogP contribution in [0.15, 0.2) is 23.6 Å². The number of carbonyl (C=O) groups excluding carboxylic acids is 1. The topological polar surface area (TPSA) is 59.0 Å². The van der Waals surface area contributed by atoms with Gasteiger partial charge in [-0.1, -0.05) is 6.07 Å². The van der Waals surface area contributed by atoms with E-state index in [-0.39, 0.29) is 11.9 Å². The predicted molar refractivity (Wildman–Crippen MR) is 80.2 cm³/mol. The van der Waals surface area contributed by atoms with E-state index in [9.17, 15) is 9.18 Å². The minimum Gasteiger partial charge on any atom is -0.349 e. The molecular formula is C14H17FN4OS. The first kappa shape index (κ1) is 14.2. The molecule has 7 heteroatoms. The largest absolute Gasteiger partial charge is 0.349 e. The lowest BCUT2D eigenvalue weighted by atomic mass is 10.2. The third-order valence-electron chi connectivity index (χ3n) is 3.56. The maximum Gasteiger partial charge on any atom is 0.271 e. The average Bonchev–Trinajstić information content (AvgIpc) is 3.16. The van der Waals surface area contributed by atoms with E-state index in [0.717, 1.165) is 10.6 Å². The molecule has 0 spiro atoms. The number of nitrogens with one attached hydrogen (secondary N) is 2. The molecule has 0 saturated carbocycles. The van der Waals surface area contributed by atoms with Gasteiger partial charge in [0.2, 0.25) is 0 Å². The summed E-state index contributed by atoms with van der Waals surface area (Å²) >= 11 is 1.61. The molecule has 1 amide bonds. The second-order valence-corrected chi connectivity index (χ2v) is 6.11. The number of amides is 1. The normalized spacial score (nSPS) is 21.6. The van der Waals surface area contributed by atoms with Crippen LogP contribution in [0.3, 0.4) is 0 Å². The van der Waals surface area contributed by atoms with Crippen molar-refractivity contribution in [1.82, 2.24) is 20.4 Å². The first-order valence-electron chi connectivity index (χ1n) is 6.87. The van der Waals surface area contributed by atoms with Crippen molar-refractivity contribution in [3.05, 3.63) is 29.3 Å². The molecule has 0 radical (unpaired) electrons. The molecule has 2 aromatic rings. The van der Waals surface area contributed by atoms with Crippen molar-refractivity contribution in [3.63, 3.8) is 0 Å². The Morgan fingerprint density at radius 3 is 3.19 bits per heavy atom. The molecule has 3 heterocycles. The first-order valence-corrected chi connectivity index (χ1v) is 7.75. The molecule has 2 N–H and O–H groups in total. The fourth-order valence-electron chi connectivity index (χ4n) is 2.47. The third-order valence-corrected chi connectivity index (χ3v) is 4.46. The highest BCUT2D eigenvalue weighted by Gasteiger charge is 2.24. The van der Waals surface area contributed by atoms with Crippen LogP contribution in [0.1, 0.15) is 16.9 Å². The van der Waals surface area contributed by atoms with Gasteiger partial charge in [-0.2, -0.15) is 5.10 Å². The number of alkyl halides is 1. The highest BCUT2D eigenvalue weighted by atomic mass is 32.1. The number of aryl methyl sites for hydroxylation is 1. The summed E-state index contributed by atoms with van der Waals surface area (Å²) in [6, 6.07) is 5.74. The zero-order chi connectivity index (χ0) is 14.8. The summed E-state index contributed by atoms with van der Waals surface area (Å²) < 4.78 is 14.7. The second kappa shape index (κ2) is 5.95. The molecule has 0 aliphatic carbocycles. The smallest absolute Gasteiger partial charge is 0.271 e. The van der Waals surface area contributed by atoms with Crippen LogP contribution in [0.5, 0.6) is 0 Å². The predicted octanol–water partition coefficient (Wildman–Crippen LogP) is 1.58. The van der Waals surface area contributed by atoms with Gasteiger partial charge < -0.3 is 10.6 Å². The molecule has 21 heavy (non-hydrogen) atoms. The van der Waals surface area contributed by atoms with Crippen LogP contribution in [-0.4, -0.2) is 41.0 Å². The molecule has 5 nitrogen and oxygen atoms in total. The average molecular weight is 308 g/mol. The van der Waals surface area contributed by atoms with Gasteiger partial charge in [0.1, 0.15) is 6.17 Å². The maximum atomic E-state index is 13.0. The molecule has 1 aliphatic heterocycles. The van der Waals surface area contributed by atoms with Gasteiger partial charge in [0.15, 0.2) is 5.69 Å². The van der Waals surface area contributed by atoms with E-state index in [1.807, 2.05) is 24.6 Å². The highest BCUT2D eigenvalue weighted by molar-refractivity contribution is 7.13. The van der Waals surface area contributed by atoms with Crippen LogP contribution >= 0.6 is 11.3 Å². The van der Waals surface area contributed by atoms with Crippen LogP contribution in [-0.2, 0) is 7.05 Å². The van der Waals surface area contributed by atoms with Crippen molar-refractivity contribution in [2.75, 3.05) is 13.1 Å². The van der Waals surface area contributed by atoms with E-state index in [1.54, 1.807) is 22.1 Å². The Bertz CT molecular complexity index is 625. The van der Waals surface area contributed by atoms with E-state index < -0.39 is 6.17 Å². The van der Waals surface area contributed by atoms with Crippen molar-refractivity contribution in [2.24, 2.45) is 7.05 Å². The minimum absolute atomic E-state index is 0.00410. The Kier molecular flexibility index (Phi) is 4.03. The van der Waals surface area contributed by atoms with Crippen molar-refractivity contribution in [1.29, 1.82) is 0 Å². The lowest BCUT2D eigenvalue weighted by Crippen LogP contribution is -2.37. The van der Waals surface area contributed by atoms with E-state index in [4.69, 9.17) is 0 Å². The van der Waals surface area contributed by atoms with E-state index >= 15 is 0 Å². The Morgan fingerprint density at radius 2 is 2.52 bits per heavy atom. The molecule has 2 atom stereocenters. The Balaban J connectivity index is 1.64. The summed E-state index contributed by atoms with van der Waals surface area (Å²) in [7, 11) is 1.82. The van der Waals surface area contributed by atoms with Gasteiger partial charge in [0.05, 0.1) is 10.6 Å². The Morgan fingerprint density at radius 1 is 1.67 bits per heavy atom. The van der Waals surface area contributed by atoms with Gasteiger partial charge in [-0.3, -0.25) is 9.48 Å². The van der Waals surface area contributed by atoms with Gasteiger partial charge in [0, 0.05) is 26.2 Å². The molecule has 1 fully saturated rings. The molecule has 0 aromatic carbocycles. The van der Waals surface area contributed by atoms with Crippen LogP contribution in [0.25, 0.3) is 10.6 Å². The van der Waals surface area contributed by atoms with Crippen molar-refractivity contribution < 1.29 is 9.18 Å². The van der Waals surface area contributed by atoms with E-state index in [1.165, 1.54) is 0 Å². The molecule has 1 aliphatic rings. The monoisotopic (exact) mass is 308 g/mol. The van der Waals surface area contributed by atoms with Crippen molar-refractivity contribution in [2.45, 2.75) is 18.6 Å². The van der Waals surface area contributed by atoms with Gasteiger partial charge in [-0.25, -0.2) is 4.39 Å². The standard InChI is InChI=1S/C14H17FN4OS/c1-19-12(13-3-2-4-21-13)6-11(18-19)14(20)17-8-10-5-9(15)7-16-10/h2-4,6,9-10,16H,5,7-8H2,1H3,(H,17,20)/t9-,10-/m0/s1. The molecule has 0 unspecified atom stereocenters. The Hall–Kier alpha value is -1.73. The quantitative estimate of drug-likeness (QED) is 0.901. The number of halogens is 1. The summed E-state index contributed by atoms with van der Waals surface area (Å²) in [6.45, 7) is 0.789. The van der Waals surface area contributed by atoms with E-state index in [2.05, 4.69) is 15.7 Å². The fraction of sp³-hybridized carbons (Fsp3) is 0.429. The van der Waals surface area contributed by atoms with Gasteiger partial charge in [0.25, 0.3) is 5.91 Å². The molecule has 2 aromatic heterocycles. The summed E-state index contributed by atoms with van der Waals surface area (Å²) in [5.41, 5.74) is 1.30. The van der Waals surface area contributed by atoms with Gasteiger partial charge >= 0.3 is 0 Å². The molecule has 112 valence electrons. The number of carbonyl (C=O) groups is 1. The number of nitrogens with zero attached hydrogens (tertiary/aromatic N) is 2. The summed E-state index contributed by atoms with van der Waals surface area (Å²) in [4.78, 5) is 13.2. The van der Waals surface area contributed by atoms with Crippen molar-refractivity contribution >= 4 is 17.2 Å². The molecule has 3 rings (SSSR count). The molecular weight excluding hydrogens is 291 g/mol. The lowest BCUT2D eigenvalue weighted by molar-refractivity contribution is 0.0944. The number of rotatable bonds is 4. The number of aromatic nitrogens is 2. The van der Waals surface area contributed by atoms with E-state index in [0.29, 0.717) is 25.2 Å². The summed E-state index contributed by atoms with van der Waals surface area (Å²) in [6.07, 6.45) is -0.365. The highest BCUT2D eigenvalue weighted by Crippen LogP contribution is 2.24. The minimum atomic E-state index is -0.813. The van der Waals surface area contributed by atoms with Crippen LogP contribution in [0.2, 0.25) is 0 Å². The Labute approximate surface area is 126 Å². The molecule has 0 bridgehead atoms. The van der Waals surface area contributed by atoms with Crippen LogP contribution < -0.4 is 10.6 Å². The van der Waals surface area contributed by atoms with Crippen LogP contribution in [0, 0.1) is 0 Å². The zero-order valence-corrected chi connectivity index (χ0v) is 12.5. The van der Waals surface area contributed by atoms with Gasteiger partial charge in [-0.15, -0.1) is 11.3 Å². The second-order valence-electron chi connectivity index (χ2n) is 5.16. The van der Waals surface area contributed by atoms with Crippen molar-refractivity contribution in [3.8, 4) is 10.6 Å². The fourth-order valence-corrected chi connectivity index (χ4v) is 3.24. The lowest BCUT2D eigenvalue weighted by Gasteiger charge is -2.09. The molecule has 1 saturated heterocycles. The SMILES string of the molecule is Cn1nc(C(=O)NC[C@@H]2C[C@H](F)CN2)cc1-c1cccs1. The number of hydrogen-bond acceptors (Lipinski definition) is 4. The van der Waals surface area contributed by atoms with Gasteiger partial charge in [-0.05, 0) is 23.9 Å².